The van der Waals surface area contributed by atoms with E-state index in [1.807, 2.05) is 0 Å². The highest BCUT2D eigenvalue weighted by atomic mass is 16.5. The number of fused-ring (bicyclic) bond motifs is 2. The van der Waals surface area contributed by atoms with Gasteiger partial charge in [-0.3, -0.25) is 0 Å². The van der Waals surface area contributed by atoms with E-state index >= 15 is 0 Å². The van der Waals surface area contributed by atoms with E-state index in [-0.39, 0.29) is 0 Å². The molecule has 0 radical (unpaired) electrons. The van der Waals surface area contributed by atoms with Gasteiger partial charge in [-0.2, -0.15) is 0 Å². The van der Waals surface area contributed by atoms with E-state index in [2.05, 4.69) is 24.2 Å². The molecule has 1 N–H and O–H groups in total. The van der Waals surface area contributed by atoms with E-state index in [1.54, 1.807) is 0 Å². The lowest BCUT2D eigenvalue weighted by atomic mass is 9.90. The number of hydrogen-bond acceptors (Lipinski definition) is 3. The molecule has 0 spiro atoms. The summed E-state index contributed by atoms with van der Waals surface area (Å²) < 4.78 is 5.85. The van der Waals surface area contributed by atoms with Crippen LogP contribution < -0.4 is 5.32 Å². The highest BCUT2D eigenvalue weighted by Gasteiger charge is 2.38. The quantitative estimate of drug-likeness (QED) is 0.838. The first-order valence-corrected chi connectivity index (χ1v) is 8.83. The molecule has 3 fully saturated rings. The van der Waals surface area contributed by atoms with Gasteiger partial charge in [0, 0.05) is 24.7 Å². The summed E-state index contributed by atoms with van der Waals surface area (Å²) in [5, 5.41) is 3.86. The van der Waals surface area contributed by atoms with Gasteiger partial charge in [-0.25, -0.2) is 0 Å². The van der Waals surface area contributed by atoms with Crippen LogP contribution in [0.4, 0.5) is 0 Å². The molecule has 3 rings (SSSR count). The van der Waals surface area contributed by atoms with Crippen LogP contribution in [0.25, 0.3) is 0 Å². The molecular weight excluding hydrogens is 248 g/mol. The average molecular weight is 280 g/mol. The first-order chi connectivity index (χ1) is 9.76. The molecule has 0 aliphatic carbocycles. The normalized spacial score (nSPS) is 42.0. The molecule has 4 atom stereocenters. The highest BCUT2D eigenvalue weighted by Crippen LogP contribution is 2.37. The Morgan fingerprint density at radius 1 is 1.10 bits per heavy atom. The van der Waals surface area contributed by atoms with Crippen molar-refractivity contribution in [2.24, 2.45) is 5.92 Å². The predicted molar refractivity (Wildman–Crippen MR) is 83.0 cm³/mol. The van der Waals surface area contributed by atoms with Crippen LogP contribution in [0.3, 0.4) is 0 Å². The minimum absolute atomic E-state index is 0.514. The van der Waals surface area contributed by atoms with Gasteiger partial charge < -0.3 is 15.0 Å². The topological polar surface area (TPSA) is 24.5 Å². The fraction of sp³-hybridized carbons (Fsp3) is 1.00. The first kappa shape index (κ1) is 14.8. The summed E-state index contributed by atoms with van der Waals surface area (Å²) in [6, 6.07) is 2.46. The lowest BCUT2D eigenvalue weighted by molar-refractivity contribution is -0.00448. The Labute approximate surface area is 124 Å². The molecular formula is C17H32N2O. The molecule has 0 saturated carbocycles. The van der Waals surface area contributed by atoms with Crippen molar-refractivity contribution in [2.45, 2.75) is 82.5 Å². The second-order valence-electron chi connectivity index (χ2n) is 7.30. The Bertz CT molecular complexity index is 293. The van der Waals surface area contributed by atoms with Crippen molar-refractivity contribution in [2.75, 3.05) is 20.2 Å². The van der Waals surface area contributed by atoms with E-state index < -0.39 is 0 Å². The van der Waals surface area contributed by atoms with Crippen molar-refractivity contribution in [3.05, 3.63) is 0 Å². The van der Waals surface area contributed by atoms with Gasteiger partial charge in [0.15, 0.2) is 0 Å². The number of ether oxygens (including phenoxy) is 1. The Morgan fingerprint density at radius 3 is 2.55 bits per heavy atom. The molecule has 116 valence electrons. The minimum Gasteiger partial charge on any atom is -0.378 e. The number of rotatable bonds is 5. The molecule has 0 aromatic rings. The Morgan fingerprint density at radius 2 is 1.85 bits per heavy atom. The summed E-state index contributed by atoms with van der Waals surface area (Å²) in [6.07, 6.45) is 11.1. The second-order valence-corrected chi connectivity index (χ2v) is 7.30. The van der Waals surface area contributed by atoms with Gasteiger partial charge >= 0.3 is 0 Å². The predicted octanol–water partition coefficient (Wildman–Crippen LogP) is 2.80. The molecule has 0 aromatic heterocycles. The highest BCUT2D eigenvalue weighted by molar-refractivity contribution is 4.94. The molecule has 2 bridgehead atoms. The maximum absolute atomic E-state index is 5.85. The first-order valence-electron chi connectivity index (χ1n) is 8.83. The molecule has 3 aliphatic rings. The monoisotopic (exact) mass is 280 g/mol. The van der Waals surface area contributed by atoms with Gasteiger partial charge in [-0.15, -0.1) is 0 Å². The zero-order valence-corrected chi connectivity index (χ0v) is 13.3. The Hall–Kier alpha value is -0.120. The van der Waals surface area contributed by atoms with Crippen molar-refractivity contribution >= 4 is 0 Å². The number of nitrogens with one attached hydrogen (secondary N) is 1. The van der Waals surface area contributed by atoms with Crippen molar-refractivity contribution in [3.63, 3.8) is 0 Å². The molecule has 20 heavy (non-hydrogen) atoms. The lowest BCUT2D eigenvalue weighted by Gasteiger charge is -2.38. The molecule has 4 unspecified atom stereocenters. The van der Waals surface area contributed by atoms with Crippen molar-refractivity contribution < 1.29 is 4.74 Å². The number of piperidine rings is 1. The molecule has 0 aromatic carbocycles. The summed E-state index contributed by atoms with van der Waals surface area (Å²) in [4.78, 5) is 2.64. The van der Waals surface area contributed by atoms with Crippen molar-refractivity contribution in [1.29, 1.82) is 0 Å². The molecule has 3 heterocycles. The maximum atomic E-state index is 5.85. The molecule has 3 heteroatoms. The van der Waals surface area contributed by atoms with Crippen LogP contribution >= 0.6 is 0 Å². The second kappa shape index (κ2) is 6.76. The van der Waals surface area contributed by atoms with E-state index in [4.69, 9.17) is 4.74 Å². The number of nitrogens with zero attached hydrogens (tertiary/aromatic N) is 1. The molecule has 3 aliphatic heterocycles. The summed E-state index contributed by atoms with van der Waals surface area (Å²) in [5.41, 5.74) is 0. The van der Waals surface area contributed by atoms with Gasteiger partial charge in [0.2, 0.25) is 0 Å². The van der Waals surface area contributed by atoms with E-state index in [9.17, 15) is 0 Å². The molecule has 0 amide bonds. The molecule has 3 nitrogen and oxygen atoms in total. The SMILES string of the molecule is CCCC1CC(NCC2CC3CCC(C2)N3C)CCO1. The van der Waals surface area contributed by atoms with Crippen LogP contribution in [0.15, 0.2) is 0 Å². The van der Waals surface area contributed by atoms with Gasteiger partial charge in [0.25, 0.3) is 0 Å². The smallest absolute Gasteiger partial charge is 0.0589 e. The fourth-order valence-electron chi connectivity index (χ4n) is 4.61. The maximum Gasteiger partial charge on any atom is 0.0589 e. The van der Waals surface area contributed by atoms with Crippen LogP contribution in [0.2, 0.25) is 0 Å². The standard InChI is InChI=1S/C17H32N2O/c1-3-4-17-11-14(7-8-20-17)18-12-13-9-15-5-6-16(10-13)19(15)2/h13-18H,3-12H2,1-2H3. The summed E-state index contributed by atoms with van der Waals surface area (Å²) in [5.74, 6) is 0.913. The largest absolute Gasteiger partial charge is 0.378 e. The molecule has 3 saturated heterocycles. The summed E-state index contributed by atoms with van der Waals surface area (Å²) in [7, 11) is 2.33. The number of hydrogen-bond donors (Lipinski definition) is 1. The summed E-state index contributed by atoms with van der Waals surface area (Å²) >= 11 is 0. The third-order valence-corrected chi connectivity index (χ3v) is 5.87. The third kappa shape index (κ3) is 3.37. The average Bonchev–Trinajstić information content (AvgIpc) is 2.68. The van der Waals surface area contributed by atoms with Crippen molar-refractivity contribution in [1.82, 2.24) is 10.2 Å². The zero-order chi connectivity index (χ0) is 13.9. The van der Waals surface area contributed by atoms with Crippen LogP contribution in [0.1, 0.15) is 58.3 Å². The van der Waals surface area contributed by atoms with E-state index in [1.165, 1.54) is 57.9 Å². The van der Waals surface area contributed by atoms with Crippen LogP contribution in [0, 0.1) is 5.92 Å². The van der Waals surface area contributed by atoms with Crippen LogP contribution in [-0.2, 0) is 4.74 Å². The fourth-order valence-corrected chi connectivity index (χ4v) is 4.61. The van der Waals surface area contributed by atoms with Crippen molar-refractivity contribution in [3.8, 4) is 0 Å². The van der Waals surface area contributed by atoms with Crippen LogP contribution in [-0.4, -0.2) is 49.3 Å². The minimum atomic E-state index is 0.514. The van der Waals surface area contributed by atoms with Gasteiger partial charge in [-0.05, 0) is 64.5 Å². The van der Waals surface area contributed by atoms with E-state index in [0.717, 1.165) is 24.6 Å². The zero-order valence-electron chi connectivity index (χ0n) is 13.3. The van der Waals surface area contributed by atoms with Gasteiger partial charge in [0.1, 0.15) is 0 Å². The van der Waals surface area contributed by atoms with Crippen LogP contribution in [0.5, 0.6) is 0 Å². The van der Waals surface area contributed by atoms with Gasteiger partial charge in [0.05, 0.1) is 6.10 Å². The summed E-state index contributed by atoms with van der Waals surface area (Å²) in [6.45, 7) is 4.46. The Kier molecular flexibility index (Phi) is 5.00. The third-order valence-electron chi connectivity index (χ3n) is 5.87. The van der Waals surface area contributed by atoms with E-state index in [0.29, 0.717) is 12.1 Å². The Balaban J connectivity index is 1.41. The van der Waals surface area contributed by atoms with Gasteiger partial charge in [-0.1, -0.05) is 13.3 Å². The lowest BCUT2D eigenvalue weighted by Crippen LogP contribution is -2.45.